The number of halogens is 2. The van der Waals surface area contributed by atoms with Crippen LogP contribution in [0.15, 0.2) is 51.7 Å². The van der Waals surface area contributed by atoms with Crippen LogP contribution in [0.25, 0.3) is 11.0 Å². The van der Waals surface area contributed by atoms with Gasteiger partial charge in [0.2, 0.25) is 5.92 Å². The predicted octanol–water partition coefficient (Wildman–Crippen LogP) is 7.52. The molecule has 192 valence electrons. The van der Waals surface area contributed by atoms with Gasteiger partial charge in [-0.15, -0.1) is 0 Å². The Balaban J connectivity index is 1.70. The Bertz CT molecular complexity index is 1330. The third-order valence-electron chi connectivity index (χ3n) is 6.52. The molecule has 36 heavy (non-hydrogen) atoms. The van der Waals surface area contributed by atoms with E-state index >= 15 is 0 Å². The summed E-state index contributed by atoms with van der Waals surface area (Å²) < 4.78 is 39.2. The number of hydrogen-bond donors (Lipinski definition) is 1. The average molecular weight is 498 g/mol. The minimum absolute atomic E-state index is 0.185. The first-order chi connectivity index (χ1) is 16.8. The molecule has 0 amide bonds. The SMILES string of the molecule is Cc1cc(C(C)Nc2ccccc2C(=O)OC(C)(C)C)c2oc(C3CCC(F)(F)CC3)cc(=O)c2c1. The van der Waals surface area contributed by atoms with E-state index in [4.69, 9.17) is 9.15 Å². The van der Waals surface area contributed by atoms with E-state index < -0.39 is 17.5 Å². The van der Waals surface area contributed by atoms with Crippen LogP contribution in [0.2, 0.25) is 0 Å². The van der Waals surface area contributed by atoms with Gasteiger partial charge in [-0.05, 0) is 71.2 Å². The molecule has 3 aromatic rings. The van der Waals surface area contributed by atoms with Crippen molar-refractivity contribution in [3.05, 3.63) is 75.1 Å². The van der Waals surface area contributed by atoms with Crippen molar-refractivity contribution in [1.82, 2.24) is 0 Å². The van der Waals surface area contributed by atoms with E-state index in [0.717, 1.165) is 11.1 Å². The number of benzene rings is 2. The molecule has 0 bridgehead atoms. The lowest BCUT2D eigenvalue weighted by molar-refractivity contribution is -0.0395. The summed E-state index contributed by atoms with van der Waals surface area (Å²) in [5.41, 5.74) is 2.27. The highest BCUT2D eigenvalue weighted by atomic mass is 19.3. The summed E-state index contributed by atoms with van der Waals surface area (Å²) in [6.07, 6.45) is 0.137. The molecule has 5 nitrogen and oxygen atoms in total. The fourth-order valence-corrected chi connectivity index (χ4v) is 4.73. The topological polar surface area (TPSA) is 68.5 Å². The molecule has 0 spiro atoms. The molecule has 1 aliphatic rings. The molecule has 1 unspecified atom stereocenters. The Morgan fingerprint density at radius 2 is 1.81 bits per heavy atom. The zero-order chi connectivity index (χ0) is 26.3. The molecule has 1 N–H and O–H groups in total. The number of alkyl halides is 2. The van der Waals surface area contributed by atoms with E-state index in [1.54, 1.807) is 24.3 Å². The van der Waals surface area contributed by atoms with Gasteiger partial charge in [0, 0.05) is 36.1 Å². The maximum absolute atomic E-state index is 13.7. The van der Waals surface area contributed by atoms with Crippen LogP contribution in [0, 0.1) is 6.92 Å². The number of esters is 1. The fourth-order valence-electron chi connectivity index (χ4n) is 4.73. The molecule has 4 rings (SSSR count). The summed E-state index contributed by atoms with van der Waals surface area (Å²) in [4.78, 5) is 25.8. The van der Waals surface area contributed by atoms with Gasteiger partial charge in [-0.2, -0.15) is 0 Å². The minimum atomic E-state index is -2.66. The van der Waals surface area contributed by atoms with Crippen LogP contribution in [0.1, 0.15) is 92.6 Å². The molecule has 2 aromatic carbocycles. The van der Waals surface area contributed by atoms with Gasteiger partial charge in [0.15, 0.2) is 5.43 Å². The molecule has 1 saturated carbocycles. The number of aryl methyl sites for hydroxylation is 1. The number of nitrogens with one attached hydrogen (secondary N) is 1. The highest BCUT2D eigenvalue weighted by molar-refractivity contribution is 5.96. The van der Waals surface area contributed by atoms with Gasteiger partial charge < -0.3 is 14.5 Å². The number of ether oxygens (including phenoxy) is 1. The number of rotatable bonds is 5. The smallest absolute Gasteiger partial charge is 0.340 e. The van der Waals surface area contributed by atoms with Crippen LogP contribution < -0.4 is 10.7 Å². The molecule has 1 heterocycles. The summed E-state index contributed by atoms with van der Waals surface area (Å²) in [6.45, 7) is 9.27. The Morgan fingerprint density at radius 1 is 1.14 bits per heavy atom. The van der Waals surface area contributed by atoms with Crippen molar-refractivity contribution < 1.29 is 22.7 Å². The lowest BCUT2D eigenvalue weighted by atomic mass is 9.85. The second-order valence-electron chi connectivity index (χ2n) is 10.8. The van der Waals surface area contributed by atoms with E-state index in [9.17, 15) is 18.4 Å². The normalized spacial score (nSPS) is 17.1. The van der Waals surface area contributed by atoms with Gasteiger partial charge in [-0.25, -0.2) is 13.6 Å². The molecule has 1 fully saturated rings. The predicted molar refractivity (Wildman–Crippen MR) is 137 cm³/mol. The summed E-state index contributed by atoms with van der Waals surface area (Å²) in [5, 5.41) is 3.83. The van der Waals surface area contributed by atoms with Crippen LogP contribution >= 0.6 is 0 Å². The lowest BCUT2D eigenvalue weighted by Crippen LogP contribution is -2.24. The van der Waals surface area contributed by atoms with E-state index in [1.807, 2.05) is 46.8 Å². The van der Waals surface area contributed by atoms with Gasteiger partial charge in [-0.3, -0.25) is 4.79 Å². The van der Waals surface area contributed by atoms with Gasteiger partial charge >= 0.3 is 5.97 Å². The van der Waals surface area contributed by atoms with Crippen molar-refractivity contribution in [2.24, 2.45) is 0 Å². The molecule has 0 aliphatic heterocycles. The van der Waals surface area contributed by atoms with Gasteiger partial charge in [-0.1, -0.05) is 18.2 Å². The quantitative estimate of drug-likeness (QED) is 0.369. The molecule has 7 heteroatoms. The second kappa shape index (κ2) is 9.68. The maximum atomic E-state index is 13.7. The summed E-state index contributed by atoms with van der Waals surface area (Å²) in [7, 11) is 0. The molecule has 1 atom stereocenters. The zero-order valence-electron chi connectivity index (χ0n) is 21.4. The van der Waals surface area contributed by atoms with Crippen LogP contribution in [0.5, 0.6) is 0 Å². The highest BCUT2D eigenvalue weighted by Gasteiger charge is 2.36. The monoisotopic (exact) mass is 497 g/mol. The highest BCUT2D eigenvalue weighted by Crippen LogP contribution is 2.41. The van der Waals surface area contributed by atoms with Crippen LogP contribution in [0.4, 0.5) is 14.5 Å². The summed E-state index contributed by atoms with van der Waals surface area (Å²) in [6, 6.07) is 12.0. The Hall–Kier alpha value is -3.22. The first-order valence-corrected chi connectivity index (χ1v) is 12.4. The number of fused-ring (bicyclic) bond motifs is 1. The zero-order valence-corrected chi connectivity index (χ0v) is 21.4. The number of anilines is 1. The van der Waals surface area contributed by atoms with Crippen molar-refractivity contribution in [1.29, 1.82) is 0 Å². The minimum Gasteiger partial charge on any atom is -0.460 e. The van der Waals surface area contributed by atoms with Crippen LogP contribution in [-0.2, 0) is 4.74 Å². The molecule has 0 saturated heterocycles. The first kappa shape index (κ1) is 25.9. The van der Waals surface area contributed by atoms with Crippen LogP contribution in [0.3, 0.4) is 0 Å². The lowest BCUT2D eigenvalue weighted by Gasteiger charge is -2.27. The Morgan fingerprint density at radius 3 is 2.47 bits per heavy atom. The Kier molecular flexibility index (Phi) is 6.95. The second-order valence-corrected chi connectivity index (χ2v) is 10.8. The van der Waals surface area contributed by atoms with E-state index in [0.29, 0.717) is 28.0 Å². The number of para-hydroxylation sites is 1. The number of carbonyl (C=O) groups excluding carboxylic acids is 1. The van der Waals surface area contributed by atoms with Crippen molar-refractivity contribution in [2.75, 3.05) is 5.32 Å². The number of carbonyl (C=O) groups is 1. The standard InChI is InChI=1S/C29H33F2NO4/c1-17-14-21(18(2)32-23-9-7-6-8-20(23)27(34)36-28(3,4)5)26-22(15-17)24(33)16-25(35-26)19-10-12-29(30,31)13-11-19/h6-9,14-16,18-19,32H,10-13H2,1-5H3. The Labute approximate surface area is 209 Å². The third-order valence-corrected chi connectivity index (χ3v) is 6.52. The molecular formula is C29H33F2NO4. The maximum Gasteiger partial charge on any atom is 0.340 e. The average Bonchev–Trinajstić information content (AvgIpc) is 2.78. The largest absolute Gasteiger partial charge is 0.460 e. The van der Waals surface area contributed by atoms with E-state index in [2.05, 4.69) is 5.32 Å². The van der Waals surface area contributed by atoms with E-state index in [-0.39, 0.29) is 43.1 Å². The van der Waals surface area contributed by atoms with Crippen molar-refractivity contribution in [3.8, 4) is 0 Å². The molecule has 1 aromatic heterocycles. The third kappa shape index (κ3) is 5.77. The van der Waals surface area contributed by atoms with Crippen LogP contribution in [-0.4, -0.2) is 17.5 Å². The number of hydrogen-bond acceptors (Lipinski definition) is 5. The molecular weight excluding hydrogens is 464 g/mol. The van der Waals surface area contributed by atoms with Crippen molar-refractivity contribution in [2.45, 2.75) is 83.8 Å². The fraction of sp³-hybridized carbons (Fsp3) is 0.448. The van der Waals surface area contributed by atoms with E-state index in [1.165, 1.54) is 6.07 Å². The molecule has 1 aliphatic carbocycles. The van der Waals surface area contributed by atoms with Gasteiger partial charge in [0.25, 0.3) is 0 Å². The first-order valence-electron chi connectivity index (χ1n) is 12.4. The molecule has 0 radical (unpaired) electrons. The van der Waals surface area contributed by atoms with Gasteiger partial charge in [0.05, 0.1) is 17.0 Å². The van der Waals surface area contributed by atoms with Crippen molar-refractivity contribution in [3.63, 3.8) is 0 Å². The van der Waals surface area contributed by atoms with Gasteiger partial charge in [0.1, 0.15) is 16.9 Å². The summed E-state index contributed by atoms with van der Waals surface area (Å²) in [5.74, 6) is -2.85. The summed E-state index contributed by atoms with van der Waals surface area (Å²) >= 11 is 0. The van der Waals surface area contributed by atoms with Crippen molar-refractivity contribution >= 4 is 22.6 Å².